The normalized spacial score (nSPS) is 14.7. The first-order chi connectivity index (χ1) is 11.1. The van der Waals surface area contributed by atoms with Gasteiger partial charge in [-0.15, -0.1) is 11.3 Å². The summed E-state index contributed by atoms with van der Waals surface area (Å²) in [6.45, 7) is 2.72. The van der Waals surface area contributed by atoms with Crippen LogP contribution in [0.15, 0.2) is 35.7 Å². The third-order valence-corrected chi connectivity index (χ3v) is 4.62. The minimum absolute atomic E-state index is 0.152. The van der Waals surface area contributed by atoms with Crippen molar-refractivity contribution in [3.8, 4) is 0 Å². The second-order valence-electron chi connectivity index (χ2n) is 5.56. The average molecular weight is 329 g/mol. The maximum atomic E-state index is 12.1. The molecule has 0 spiro atoms. The first-order valence-electron chi connectivity index (χ1n) is 7.66. The molecule has 0 atom stereocenters. The molecule has 1 aromatic carbocycles. The number of urea groups is 1. The fourth-order valence-corrected chi connectivity index (χ4v) is 3.27. The molecule has 1 aliphatic heterocycles. The van der Waals surface area contributed by atoms with Crippen molar-refractivity contribution in [3.63, 3.8) is 0 Å². The smallest absolute Gasteiger partial charge is 0.312 e. The SMILES string of the molecule is Cc1ccc(NC(=O)Nc2cccs2)cc1N1CCCCC1=O. The van der Waals surface area contributed by atoms with Crippen LogP contribution in [0.4, 0.5) is 21.2 Å². The lowest BCUT2D eigenvalue weighted by Crippen LogP contribution is -2.35. The Morgan fingerprint density at radius 3 is 2.83 bits per heavy atom. The molecule has 1 saturated heterocycles. The molecular weight excluding hydrogens is 310 g/mol. The van der Waals surface area contributed by atoms with Crippen LogP contribution in [0.5, 0.6) is 0 Å². The van der Waals surface area contributed by atoms with E-state index in [9.17, 15) is 9.59 Å². The van der Waals surface area contributed by atoms with Crippen molar-refractivity contribution in [2.75, 3.05) is 22.1 Å². The summed E-state index contributed by atoms with van der Waals surface area (Å²) in [7, 11) is 0. The molecule has 3 amide bonds. The van der Waals surface area contributed by atoms with E-state index >= 15 is 0 Å². The minimum atomic E-state index is -0.285. The summed E-state index contributed by atoms with van der Waals surface area (Å²) in [6, 6.07) is 9.09. The number of hydrogen-bond donors (Lipinski definition) is 2. The molecule has 6 heteroatoms. The topological polar surface area (TPSA) is 61.4 Å². The molecule has 0 unspecified atom stereocenters. The van der Waals surface area contributed by atoms with Gasteiger partial charge in [0, 0.05) is 24.3 Å². The molecule has 0 aliphatic carbocycles. The van der Waals surface area contributed by atoms with Gasteiger partial charge in [0.25, 0.3) is 0 Å². The lowest BCUT2D eigenvalue weighted by molar-refractivity contribution is -0.119. The van der Waals surface area contributed by atoms with Crippen LogP contribution in [0.1, 0.15) is 24.8 Å². The minimum Gasteiger partial charge on any atom is -0.312 e. The molecule has 0 radical (unpaired) electrons. The quantitative estimate of drug-likeness (QED) is 0.886. The molecule has 1 fully saturated rings. The number of carbonyl (C=O) groups is 2. The number of carbonyl (C=O) groups excluding carboxylic acids is 2. The molecule has 2 N–H and O–H groups in total. The fourth-order valence-electron chi connectivity index (χ4n) is 2.66. The van der Waals surface area contributed by atoms with E-state index in [1.54, 1.807) is 0 Å². The van der Waals surface area contributed by atoms with Crippen LogP contribution in [0.25, 0.3) is 0 Å². The van der Waals surface area contributed by atoms with E-state index in [0.29, 0.717) is 12.1 Å². The number of aryl methyl sites for hydroxylation is 1. The van der Waals surface area contributed by atoms with Gasteiger partial charge in [0.2, 0.25) is 5.91 Å². The van der Waals surface area contributed by atoms with Crippen LogP contribution in [-0.2, 0) is 4.79 Å². The van der Waals surface area contributed by atoms with Gasteiger partial charge >= 0.3 is 6.03 Å². The van der Waals surface area contributed by atoms with E-state index in [4.69, 9.17) is 0 Å². The zero-order valence-corrected chi connectivity index (χ0v) is 13.8. The molecule has 0 bridgehead atoms. The number of nitrogens with zero attached hydrogens (tertiary/aromatic N) is 1. The molecule has 2 heterocycles. The number of rotatable bonds is 3. The van der Waals surface area contributed by atoms with E-state index in [0.717, 1.165) is 35.6 Å². The summed E-state index contributed by atoms with van der Waals surface area (Å²) >= 11 is 1.47. The molecule has 120 valence electrons. The molecular formula is C17H19N3O2S. The van der Waals surface area contributed by atoms with Gasteiger partial charge < -0.3 is 10.2 Å². The van der Waals surface area contributed by atoms with Gasteiger partial charge in [-0.1, -0.05) is 6.07 Å². The van der Waals surface area contributed by atoms with Crippen LogP contribution >= 0.6 is 11.3 Å². The predicted octanol–water partition coefficient (Wildman–Crippen LogP) is 4.22. The second-order valence-corrected chi connectivity index (χ2v) is 6.51. The maximum absolute atomic E-state index is 12.1. The number of anilines is 3. The van der Waals surface area contributed by atoms with Gasteiger partial charge in [0.15, 0.2) is 0 Å². The molecule has 0 saturated carbocycles. The van der Waals surface area contributed by atoms with E-state index in [1.165, 1.54) is 11.3 Å². The highest BCUT2D eigenvalue weighted by atomic mass is 32.1. The van der Waals surface area contributed by atoms with Crippen LogP contribution in [0.2, 0.25) is 0 Å². The number of piperidine rings is 1. The van der Waals surface area contributed by atoms with Gasteiger partial charge in [0.1, 0.15) is 0 Å². The summed E-state index contributed by atoms with van der Waals surface area (Å²) in [6.07, 6.45) is 2.56. The molecule has 23 heavy (non-hydrogen) atoms. The van der Waals surface area contributed by atoms with Crippen LogP contribution in [-0.4, -0.2) is 18.5 Å². The first kappa shape index (κ1) is 15.6. The predicted molar refractivity (Wildman–Crippen MR) is 94.3 cm³/mol. The largest absolute Gasteiger partial charge is 0.324 e. The van der Waals surface area contributed by atoms with E-state index in [2.05, 4.69) is 10.6 Å². The van der Waals surface area contributed by atoms with Crippen LogP contribution < -0.4 is 15.5 Å². The summed E-state index contributed by atoms with van der Waals surface area (Å²) < 4.78 is 0. The Labute approximate surface area is 139 Å². The molecule has 5 nitrogen and oxygen atoms in total. The molecule has 1 aliphatic rings. The summed E-state index contributed by atoms with van der Waals surface area (Å²) in [4.78, 5) is 26.0. The van der Waals surface area contributed by atoms with Crippen molar-refractivity contribution in [3.05, 3.63) is 41.3 Å². The van der Waals surface area contributed by atoms with Crippen LogP contribution in [0, 0.1) is 6.92 Å². The Balaban J connectivity index is 1.74. The van der Waals surface area contributed by atoms with E-state index in [-0.39, 0.29) is 11.9 Å². The van der Waals surface area contributed by atoms with E-state index in [1.807, 2.05) is 47.5 Å². The van der Waals surface area contributed by atoms with Gasteiger partial charge in [-0.3, -0.25) is 10.1 Å². The third-order valence-electron chi connectivity index (χ3n) is 3.84. The van der Waals surface area contributed by atoms with Crippen molar-refractivity contribution in [2.24, 2.45) is 0 Å². The standard InChI is InChI=1S/C17H19N3O2S/c1-12-7-8-13(18-17(22)19-15-5-4-10-23-15)11-14(12)20-9-3-2-6-16(20)21/h4-5,7-8,10-11H,2-3,6,9H2,1H3,(H2,18,19,22). The van der Waals surface area contributed by atoms with Gasteiger partial charge in [0.05, 0.1) is 5.00 Å². The highest BCUT2D eigenvalue weighted by molar-refractivity contribution is 7.14. The summed E-state index contributed by atoms with van der Waals surface area (Å²) in [5.74, 6) is 0.152. The van der Waals surface area contributed by atoms with Crippen molar-refractivity contribution in [2.45, 2.75) is 26.2 Å². The second kappa shape index (κ2) is 6.83. The third kappa shape index (κ3) is 3.71. The summed E-state index contributed by atoms with van der Waals surface area (Å²) in [5.41, 5.74) is 2.59. The average Bonchev–Trinajstić information content (AvgIpc) is 3.03. The van der Waals surface area contributed by atoms with Gasteiger partial charge in [-0.05, 0) is 55.0 Å². The number of thiophene rings is 1. The fraction of sp³-hybridized carbons (Fsp3) is 0.294. The zero-order valence-electron chi connectivity index (χ0n) is 13.0. The Hall–Kier alpha value is -2.34. The maximum Gasteiger partial charge on any atom is 0.324 e. The molecule has 2 aromatic rings. The number of amides is 3. The first-order valence-corrected chi connectivity index (χ1v) is 8.54. The lowest BCUT2D eigenvalue weighted by atomic mass is 10.1. The Morgan fingerprint density at radius 2 is 2.09 bits per heavy atom. The Morgan fingerprint density at radius 1 is 1.22 bits per heavy atom. The molecule has 1 aromatic heterocycles. The monoisotopic (exact) mass is 329 g/mol. The lowest BCUT2D eigenvalue weighted by Gasteiger charge is -2.28. The van der Waals surface area contributed by atoms with Crippen molar-refractivity contribution >= 4 is 39.7 Å². The number of hydrogen-bond acceptors (Lipinski definition) is 3. The van der Waals surface area contributed by atoms with Crippen molar-refractivity contribution in [1.82, 2.24) is 0 Å². The number of benzene rings is 1. The Kier molecular flexibility index (Phi) is 4.62. The molecule has 3 rings (SSSR count). The zero-order chi connectivity index (χ0) is 16.2. The van der Waals surface area contributed by atoms with Gasteiger partial charge in [-0.2, -0.15) is 0 Å². The Bertz CT molecular complexity index is 713. The van der Waals surface area contributed by atoms with Crippen molar-refractivity contribution < 1.29 is 9.59 Å². The van der Waals surface area contributed by atoms with Crippen molar-refractivity contribution in [1.29, 1.82) is 0 Å². The van der Waals surface area contributed by atoms with Gasteiger partial charge in [-0.25, -0.2) is 4.79 Å². The van der Waals surface area contributed by atoms with Crippen LogP contribution in [0.3, 0.4) is 0 Å². The highest BCUT2D eigenvalue weighted by Crippen LogP contribution is 2.28. The summed E-state index contributed by atoms with van der Waals surface area (Å²) in [5, 5.41) is 8.30. The highest BCUT2D eigenvalue weighted by Gasteiger charge is 2.21. The number of nitrogens with one attached hydrogen (secondary N) is 2. The van der Waals surface area contributed by atoms with E-state index < -0.39 is 0 Å².